The SMILES string of the molecule is Cc1cc(C)c(Nc2nc(C(N)C(=O)O)cs2)c(Br)c1. The van der Waals surface area contributed by atoms with Crippen LogP contribution in [-0.2, 0) is 4.79 Å². The van der Waals surface area contributed by atoms with Gasteiger partial charge in [0, 0.05) is 9.85 Å². The first-order valence-electron chi connectivity index (χ1n) is 5.86. The van der Waals surface area contributed by atoms with Gasteiger partial charge in [-0.1, -0.05) is 6.07 Å². The lowest BCUT2D eigenvalue weighted by atomic mass is 10.1. The van der Waals surface area contributed by atoms with E-state index in [0.29, 0.717) is 10.8 Å². The summed E-state index contributed by atoms with van der Waals surface area (Å²) in [6.07, 6.45) is 0. The number of halogens is 1. The van der Waals surface area contributed by atoms with E-state index >= 15 is 0 Å². The Hall–Kier alpha value is -1.44. The average Bonchev–Trinajstić information content (AvgIpc) is 2.81. The summed E-state index contributed by atoms with van der Waals surface area (Å²) in [5.41, 5.74) is 9.04. The number of anilines is 2. The molecule has 0 aliphatic heterocycles. The number of nitrogens with zero attached hydrogens (tertiary/aromatic N) is 1. The Labute approximate surface area is 129 Å². The molecule has 1 heterocycles. The molecule has 0 bridgehead atoms. The molecular formula is C13H14BrN3O2S. The summed E-state index contributed by atoms with van der Waals surface area (Å²) in [5.74, 6) is -1.09. The van der Waals surface area contributed by atoms with Gasteiger partial charge in [0.2, 0.25) is 0 Å². The summed E-state index contributed by atoms with van der Waals surface area (Å²) in [6.45, 7) is 4.02. The van der Waals surface area contributed by atoms with Gasteiger partial charge in [-0.15, -0.1) is 11.3 Å². The Morgan fingerprint density at radius 1 is 1.50 bits per heavy atom. The maximum absolute atomic E-state index is 10.8. The predicted molar refractivity (Wildman–Crippen MR) is 83.6 cm³/mol. The van der Waals surface area contributed by atoms with E-state index in [-0.39, 0.29) is 0 Å². The van der Waals surface area contributed by atoms with Crippen LogP contribution in [0.15, 0.2) is 22.0 Å². The first-order valence-corrected chi connectivity index (χ1v) is 7.53. The summed E-state index contributed by atoms with van der Waals surface area (Å²) in [4.78, 5) is 15.0. The van der Waals surface area contributed by atoms with Gasteiger partial charge in [0.15, 0.2) is 5.13 Å². The third kappa shape index (κ3) is 3.17. The highest BCUT2D eigenvalue weighted by atomic mass is 79.9. The number of carboxylic acid groups (broad SMARTS) is 1. The smallest absolute Gasteiger partial charge is 0.326 e. The molecule has 1 aromatic carbocycles. The zero-order valence-electron chi connectivity index (χ0n) is 11.0. The van der Waals surface area contributed by atoms with Gasteiger partial charge < -0.3 is 16.2 Å². The highest BCUT2D eigenvalue weighted by molar-refractivity contribution is 9.10. The fourth-order valence-electron chi connectivity index (χ4n) is 1.79. The second kappa shape index (κ2) is 5.90. The van der Waals surface area contributed by atoms with Gasteiger partial charge in [0.05, 0.1) is 11.4 Å². The third-order valence-corrected chi connectivity index (χ3v) is 4.17. The van der Waals surface area contributed by atoms with Crippen LogP contribution in [0.2, 0.25) is 0 Å². The van der Waals surface area contributed by atoms with Gasteiger partial charge in [0.1, 0.15) is 6.04 Å². The van der Waals surface area contributed by atoms with E-state index in [1.807, 2.05) is 19.9 Å². The maximum atomic E-state index is 10.8. The topological polar surface area (TPSA) is 88.2 Å². The highest BCUT2D eigenvalue weighted by Gasteiger charge is 2.18. The normalized spacial score (nSPS) is 12.2. The number of hydrogen-bond donors (Lipinski definition) is 3. The molecule has 0 aliphatic carbocycles. The van der Waals surface area contributed by atoms with Crippen molar-refractivity contribution in [2.45, 2.75) is 19.9 Å². The molecule has 0 amide bonds. The van der Waals surface area contributed by atoms with Gasteiger partial charge in [0.25, 0.3) is 0 Å². The monoisotopic (exact) mass is 355 g/mol. The lowest BCUT2D eigenvalue weighted by Gasteiger charge is -2.10. The number of carboxylic acids is 1. The van der Waals surface area contributed by atoms with Crippen molar-refractivity contribution in [1.82, 2.24) is 4.98 Å². The number of hydrogen-bond acceptors (Lipinski definition) is 5. The standard InChI is InChI=1S/C13H14BrN3O2S/c1-6-3-7(2)11(8(14)4-6)17-13-16-9(5-20-13)10(15)12(18)19/h3-5,10H,15H2,1-2H3,(H,16,17)(H,18,19). The van der Waals surface area contributed by atoms with Crippen LogP contribution in [0.1, 0.15) is 22.9 Å². The maximum Gasteiger partial charge on any atom is 0.326 e. The number of carbonyl (C=O) groups is 1. The molecule has 0 fully saturated rings. The molecule has 1 aromatic heterocycles. The zero-order chi connectivity index (χ0) is 14.9. The number of aromatic nitrogens is 1. The number of nitrogens with one attached hydrogen (secondary N) is 1. The number of aliphatic carboxylic acids is 1. The Bertz CT molecular complexity index is 634. The summed E-state index contributed by atoms with van der Waals surface area (Å²) in [7, 11) is 0. The van der Waals surface area contributed by atoms with Gasteiger partial charge in [-0.05, 0) is 47.0 Å². The molecule has 7 heteroatoms. The molecule has 5 nitrogen and oxygen atoms in total. The van der Waals surface area contributed by atoms with Crippen molar-refractivity contribution in [3.05, 3.63) is 38.8 Å². The van der Waals surface area contributed by atoms with Crippen LogP contribution in [0.5, 0.6) is 0 Å². The molecule has 0 radical (unpaired) electrons. The second-order valence-electron chi connectivity index (χ2n) is 4.46. The second-order valence-corrected chi connectivity index (χ2v) is 6.17. The van der Waals surface area contributed by atoms with Gasteiger partial charge >= 0.3 is 5.97 Å². The highest BCUT2D eigenvalue weighted by Crippen LogP contribution is 2.32. The molecule has 20 heavy (non-hydrogen) atoms. The van der Waals surface area contributed by atoms with Crippen LogP contribution in [0.4, 0.5) is 10.8 Å². The fraction of sp³-hybridized carbons (Fsp3) is 0.231. The summed E-state index contributed by atoms with van der Waals surface area (Å²) in [6, 6.07) is 2.97. The van der Waals surface area contributed by atoms with Crippen LogP contribution in [0.25, 0.3) is 0 Å². The summed E-state index contributed by atoms with van der Waals surface area (Å²) >= 11 is 4.84. The first kappa shape index (κ1) is 15.0. The van der Waals surface area contributed by atoms with Crippen molar-refractivity contribution in [1.29, 1.82) is 0 Å². The molecule has 1 atom stereocenters. The number of rotatable bonds is 4. The van der Waals surface area contributed by atoms with E-state index in [2.05, 4.69) is 32.3 Å². The van der Waals surface area contributed by atoms with Crippen molar-refractivity contribution in [3.8, 4) is 0 Å². The number of benzene rings is 1. The molecule has 106 valence electrons. The van der Waals surface area contributed by atoms with Crippen molar-refractivity contribution in [3.63, 3.8) is 0 Å². The molecule has 0 saturated carbocycles. The number of nitrogens with two attached hydrogens (primary N) is 1. The number of aryl methyl sites for hydroxylation is 2. The Balaban J connectivity index is 2.25. The molecule has 1 unspecified atom stereocenters. The van der Waals surface area contributed by atoms with Crippen LogP contribution in [0, 0.1) is 13.8 Å². The fourth-order valence-corrected chi connectivity index (χ4v) is 3.32. The molecular weight excluding hydrogens is 342 g/mol. The molecule has 0 saturated heterocycles. The predicted octanol–water partition coefficient (Wildman–Crippen LogP) is 3.35. The van der Waals surface area contributed by atoms with Gasteiger partial charge in [-0.3, -0.25) is 4.79 Å². The van der Waals surface area contributed by atoms with Crippen LogP contribution in [0.3, 0.4) is 0 Å². The quantitative estimate of drug-likeness (QED) is 0.782. The van der Waals surface area contributed by atoms with E-state index in [9.17, 15) is 4.79 Å². The summed E-state index contributed by atoms with van der Waals surface area (Å²) < 4.78 is 0.939. The minimum Gasteiger partial charge on any atom is -0.480 e. The van der Waals surface area contributed by atoms with Crippen molar-refractivity contribution >= 4 is 44.1 Å². The third-order valence-electron chi connectivity index (χ3n) is 2.77. The molecule has 0 spiro atoms. The lowest BCUT2D eigenvalue weighted by Crippen LogP contribution is -2.20. The summed E-state index contributed by atoms with van der Waals surface area (Å²) in [5, 5.41) is 14.3. The van der Waals surface area contributed by atoms with E-state index < -0.39 is 12.0 Å². The molecule has 0 aliphatic rings. The van der Waals surface area contributed by atoms with E-state index in [1.165, 1.54) is 11.3 Å². The van der Waals surface area contributed by atoms with Gasteiger partial charge in [-0.25, -0.2) is 4.98 Å². The van der Waals surface area contributed by atoms with E-state index in [4.69, 9.17) is 10.8 Å². The van der Waals surface area contributed by atoms with Crippen LogP contribution >= 0.6 is 27.3 Å². The van der Waals surface area contributed by atoms with Crippen molar-refractivity contribution in [2.75, 3.05) is 5.32 Å². The molecule has 2 aromatic rings. The minimum atomic E-state index is -1.09. The Morgan fingerprint density at radius 2 is 2.20 bits per heavy atom. The average molecular weight is 356 g/mol. The first-order chi connectivity index (χ1) is 9.38. The lowest BCUT2D eigenvalue weighted by molar-refractivity contribution is -0.138. The van der Waals surface area contributed by atoms with Gasteiger partial charge in [-0.2, -0.15) is 0 Å². The van der Waals surface area contributed by atoms with E-state index in [0.717, 1.165) is 21.3 Å². The van der Waals surface area contributed by atoms with Crippen LogP contribution < -0.4 is 11.1 Å². The largest absolute Gasteiger partial charge is 0.480 e. The molecule has 4 N–H and O–H groups in total. The van der Waals surface area contributed by atoms with Crippen molar-refractivity contribution in [2.24, 2.45) is 5.73 Å². The molecule has 2 rings (SSSR count). The number of thiazole rings is 1. The zero-order valence-corrected chi connectivity index (χ0v) is 13.4. The Kier molecular flexibility index (Phi) is 4.42. The van der Waals surface area contributed by atoms with Crippen LogP contribution in [-0.4, -0.2) is 16.1 Å². The van der Waals surface area contributed by atoms with E-state index in [1.54, 1.807) is 5.38 Å². The Morgan fingerprint density at radius 3 is 2.80 bits per heavy atom. The van der Waals surface area contributed by atoms with Crippen molar-refractivity contribution < 1.29 is 9.90 Å². The minimum absolute atomic E-state index is 0.353.